The minimum absolute atomic E-state index is 0.199. The minimum atomic E-state index is 0.199. The van der Waals surface area contributed by atoms with Crippen molar-refractivity contribution < 1.29 is 0 Å². The van der Waals surface area contributed by atoms with Gasteiger partial charge in [0.25, 0.3) is 0 Å². The normalized spacial score (nSPS) is 13.5. The molecule has 0 bridgehead atoms. The van der Waals surface area contributed by atoms with Gasteiger partial charge in [-0.05, 0) is 19.3 Å². The molecule has 1 unspecified atom stereocenters. The molecule has 80 valence electrons. The number of rotatable bonds is 5. The Balaban J connectivity index is 2.51. The fraction of sp³-hybridized carbons (Fsp3) is 0.800. The van der Waals surface area contributed by atoms with Crippen molar-refractivity contribution in [3.8, 4) is 0 Å². The molecule has 0 spiro atoms. The van der Waals surface area contributed by atoms with Crippen molar-refractivity contribution in [3.05, 3.63) is 12.2 Å². The van der Waals surface area contributed by atoms with Crippen molar-refractivity contribution in [1.29, 1.82) is 0 Å². The Hall–Kier alpha value is -0.900. The van der Waals surface area contributed by atoms with Gasteiger partial charge in [0, 0.05) is 19.0 Å². The van der Waals surface area contributed by atoms with Crippen LogP contribution in [0.15, 0.2) is 6.33 Å². The average Bonchev–Trinajstić information content (AvgIpc) is 2.50. The number of hydrogen-bond donors (Lipinski definition) is 1. The van der Waals surface area contributed by atoms with Gasteiger partial charge in [-0.2, -0.15) is 5.10 Å². The van der Waals surface area contributed by atoms with Crippen LogP contribution < -0.4 is 5.73 Å². The van der Waals surface area contributed by atoms with Gasteiger partial charge >= 0.3 is 0 Å². The molecular weight excluding hydrogens is 176 g/mol. The van der Waals surface area contributed by atoms with E-state index in [1.165, 1.54) is 0 Å². The van der Waals surface area contributed by atoms with Crippen LogP contribution in [0.3, 0.4) is 0 Å². The largest absolute Gasteiger partial charge is 0.327 e. The van der Waals surface area contributed by atoms with E-state index in [1.807, 2.05) is 4.68 Å². The maximum absolute atomic E-state index is 6.01. The van der Waals surface area contributed by atoms with Crippen LogP contribution in [-0.4, -0.2) is 20.8 Å². The van der Waals surface area contributed by atoms with E-state index < -0.39 is 0 Å². The molecule has 14 heavy (non-hydrogen) atoms. The molecule has 2 N–H and O–H groups in total. The van der Waals surface area contributed by atoms with Gasteiger partial charge in [-0.15, -0.1) is 0 Å². The van der Waals surface area contributed by atoms with Crippen LogP contribution in [-0.2, 0) is 13.0 Å². The first-order valence-electron chi connectivity index (χ1n) is 5.25. The molecule has 1 rings (SSSR count). The van der Waals surface area contributed by atoms with Gasteiger partial charge in [0.1, 0.15) is 12.2 Å². The molecule has 0 saturated carbocycles. The molecule has 1 aromatic rings. The van der Waals surface area contributed by atoms with Crippen LogP contribution in [0.5, 0.6) is 0 Å². The van der Waals surface area contributed by atoms with Crippen molar-refractivity contribution >= 4 is 0 Å². The molecule has 1 heterocycles. The van der Waals surface area contributed by atoms with E-state index >= 15 is 0 Å². The SMILES string of the molecule is CCn1ncnc1CC(N)CC(C)C. The highest BCUT2D eigenvalue weighted by Gasteiger charge is 2.10. The second-order valence-corrected chi connectivity index (χ2v) is 4.09. The summed E-state index contributed by atoms with van der Waals surface area (Å²) in [5, 5.41) is 4.12. The first kappa shape index (κ1) is 11.2. The van der Waals surface area contributed by atoms with Gasteiger partial charge in [-0.1, -0.05) is 13.8 Å². The summed E-state index contributed by atoms with van der Waals surface area (Å²) in [5.41, 5.74) is 6.01. The number of aromatic nitrogens is 3. The Morgan fingerprint density at radius 3 is 2.79 bits per heavy atom. The van der Waals surface area contributed by atoms with Crippen LogP contribution in [0.2, 0.25) is 0 Å². The van der Waals surface area contributed by atoms with Crippen molar-refractivity contribution in [1.82, 2.24) is 14.8 Å². The van der Waals surface area contributed by atoms with Crippen LogP contribution in [0, 0.1) is 5.92 Å². The fourth-order valence-electron chi connectivity index (χ4n) is 1.63. The topological polar surface area (TPSA) is 56.7 Å². The first-order chi connectivity index (χ1) is 6.63. The van der Waals surface area contributed by atoms with Crippen molar-refractivity contribution in [3.63, 3.8) is 0 Å². The van der Waals surface area contributed by atoms with Crippen LogP contribution in [0.1, 0.15) is 33.0 Å². The van der Waals surface area contributed by atoms with E-state index in [-0.39, 0.29) is 6.04 Å². The molecule has 0 aromatic carbocycles. The van der Waals surface area contributed by atoms with E-state index in [9.17, 15) is 0 Å². The van der Waals surface area contributed by atoms with Crippen molar-refractivity contribution in [2.24, 2.45) is 11.7 Å². The number of nitrogens with two attached hydrogens (primary N) is 1. The maximum atomic E-state index is 6.01. The summed E-state index contributed by atoms with van der Waals surface area (Å²) in [7, 11) is 0. The van der Waals surface area contributed by atoms with Crippen molar-refractivity contribution in [2.45, 2.75) is 46.2 Å². The van der Waals surface area contributed by atoms with E-state index in [2.05, 4.69) is 30.9 Å². The summed E-state index contributed by atoms with van der Waals surface area (Å²) >= 11 is 0. The second kappa shape index (κ2) is 5.10. The highest BCUT2D eigenvalue weighted by molar-refractivity contribution is 4.88. The van der Waals surface area contributed by atoms with Gasteiger partial charge in [0.05, 0.1) is 0 Å². The summed E-state index contributed by atoms with van der Waals surface area (Å²) in [6.07, 6.45) is 3.46. The van der Waals surface area contributed by atoms with E-state index in [1.54, 1.807) is 6.33 Å². The lowest BCUT2D eigenvalue weighted by atomic mass is 10.0. The van der Waals surface area contributed by atoms with E-state index in [0.29, 0.717) is 5.92 Å². The molecule has 4 nitrogen and oxygen atoms in total. The van der Waals surface area contributed by atoms with Gasteiger partial charge in [-0.3, -0.25) is 4.68 Å². The lowest BCUT2D eigenvalue weighted by Gasteiger charge is -2.13. The zero-order valence-electron chi connectivity index (χ0n) is 9.27. The molecule has 1 aromatic heterocycles. The summed E-state index contributed by atoms with van der Waals surface area (Å²) in [6, 6.07) is 0.199. The second-order valence-electron chi connectivity index (χ2n) is 4.09. The predicted octanol–water partition coefficient (Wildman–Crippen LogP) is 1.21. The molecule has 1 atom stereocenters. The smallest absolute Gasteiger partial charge is 0.138 e. The van der Waals surface area contributed by atoms with E-state index in [0.717, 1.165) is 25.2 Å². The quantitative estimate of drug-likeness (QED) is 0.770. The Kier molecular flexibility index (Phi) is 4.07. The highest BCUT2D eigenvalue weighted by Crippen LogP contribution is 2.07. The lowest BCUT2D eigenvalue weighted by molar-refractivity contribution is 0.474. The number of hydrogen-bond acceptors (Lipinski definition) is 3. The first-order valence-corrected chi connectivity index (χ1v) is 5.25. The third-order valence-corrected chi connectivity index (χ3v) is 2.21. The zero-order chi connectivity index (χ0) is 10.6. The Morgan fingerprint density at radius 1 is 1.50 bits per heavy atom. The van der Waals surface area contributed by atoms with Gasteiger partial charge in [-0.25, -0.2) is 4.98 Å². The molecule has 0 amide bonds. The van der Waals surface area contributed by atoms with Gasteiger partial charge < -0.3 is 5.73 Å². The molecule has 4 heteroatoms. The molecule has 0 fully saturated rings. The van der Waals surface area contributed by atoms with Gasteiger partial charge in [0.2, 0.25) is 0 Å². The summed E-state index contributed by atoms with van der Waals surface area (Å²) in [4.78, 5) is 4.21. The number of nitrogens with zero attached hydrogens (tertiary/aromatic N) is 3. The Bertz CT molecular complexity index is 267. The third kappa shape index (κ3) is 3.10. The molecule has 0 radical (unpaired) electrons. The third-order valence-electron chi connectivity index (χ3n) is 2.21. The highest BCUT2D eigenvalue weighted by atomic mass is 15.3. The molecular formula is C10H20N4. The summed E-state index contributed by atoms with van der Waals surface area (Å²) in [6.45, 7) is 7.30. The lowest BCUT2D eigenvalue weighted by Crippen LogP contribution is -2.26. The Labute approximate surface area is 85.5 Å². The van der Waals surface area contributed by atoms with Gasteiger partial charge in [0.15, 0.2) is 0 Å². The average molecular weight is 196 g/mol. The summed E-state index contributed by atoms with van der Waals surface area (Å²) < 4.78 is 1.90. The van der Waals surface area contributed by atoms with Crippen molar-refractivity contribution in [2.75, 3.05) is 0 Å². The molecule has 0 aliphatic carbocycles. The van der Waals surface area contributed by atoms with E-state index in [4.69, 9.17) is 5.73 Å². The Morgan fingerprint density at radius 2 is 2.21 bits per heavy atom. The maximum Gasteiger partial charge on any atom is 0.138 e. The minimum Gasteiger partial charge on any atom is -0.327 e. The standard InChI is InChI=1S/C10H20N4/c1-4-14-10(12-7-13-14)6-9(11)5-8(2)3/h7-9H,4-6,11H2,1-3H3. The van der Waals surface area contributed by atoms with Crippen LogP contribution >= 0.6 is 0 Å². The fourth-order valence-corrected chi connectivity index (χ4v) is 1.63. The zero-order valence-corrected chi connectivity index (χ0v) is 9.27. The predicted molar refractivity (Wildman–Crippen MR) is 56.8 cm³/mol. The summed E-state index contributed by atoms with van der Waals surface area (Å²) in [5.74, 6) is 1.64. The van der Waals surface area contributed by atoms with Crippen LogP contribution in [0.25, 0.3) is 0 Å². The monoisotopic (exact) mass is 196 g/mol. The van der Waals surface area contributed by atoms with Crippen LogP contribution in [0.4, 0.5) is 0 Å². The molecule has 0 aliphatic heterocycles. The molecule has 0 saturated heterocycles. The molecule has 0 aliphatic rings. The number of aryl methyl sites for hydroxylation is 1.